The molecular formula is C16H24N2O. The van der Waals surface area contributed by atoms with Crippen LogP contribution in [0.4, 0.5) is 0 Å². The van der Waals surface area contributed by atoms with Gasteiger partial charge in [-0.05, 0) is 25.8 Å². The van der Waals surface area contributed by atoms with E-state index in [2.05, 4.69) is 43.4 Å². The fourth-order valence-corrected chi connectivity index (χ4v) is 2.69. The summed E-state index contributed by atoms with van der Waals surface area (Å²) in [5.74, 6) is 0.254. The van der Waals surface area contributed by atoms with Crippen molar-refractivity contribution in [3.63, 3.8) is 0 Å². The van der Waals surface area contributed by atoms with E-state index >= 15 is 0 Å². The van der Waals surface area contributed by atoms with E-state index in [1.165, 1.54) is 5.56 Å². The van der Waals surface area contributed by atoms with Gasteiger partial charge in [0.2, 0.25) is 5.91 Å². The highest BCUT2D eigenvalue weighted by Crippen LogP contribution is 2.21. The molecule has 1 saturated heterocycles. The van der Waals surface area contributed by atoms with Crippen molar-refractivity contribution in [2.75, 3.05) is 13.1 Å². The maximum Gasteiger partial charge on any atom is 0.222 e. The zero-order valence-corrected chi connectivity index (χ0v) is 12.1. The molecule has 1 unspecified atom stereocenters. The molecule has 1 atom stereocenters. The van der Waals surface area contributed by atoms with Crippen LogP contribution in [0.1, 0.15) is 32.8 Å². The molecule has 3 nitrogen and oxygen atoms in total. The van der Waals surface area contributed by atoms with Crippen molar-refractivity contribution >= 4 is 5.91 Å². The van der Waals surface area contributed by atoms with E-state index in [4.69, 9.17) is 0 Å². The maximum absolute atomic E-state index is 12.1. The highest BCUT2D eigenvalue weighted by Gasteiger charge is 2.36. The lowest BCUT2D eigenvalue weighted by Crippen LogP contribution is -2.63. The smallest absolute Gasteiger partial charge is 0.222 e. The monoisotopic (exact) mass is 260 g/mol. The SMILES string of the molecule is CCC(=O)N1CC(Cc2ccccc2)NCC1(C)C. The number of benzene rings is 1. The standard InChI is InChI=1S/C16H24N2O/c1-4-15(19)18-11-14(17-12-16(18,2)3)10-13-8-6-5-7-9-13/h5-9,14,17H,4,10-12H2,1-3H3. The van der Waals surface area contributed by atoms with Gasteiger partial charge in [-0.2, -0.15) is 0 Å². The minimum atomic E-state index is -0.0831. The van der Waals surface area contributed by atoms with Crippen LogP contribution in [0, 0.1) is 0 Å². The van der Waals surface area contributed by atoms with Gasteiger partial charge in [-0.25, -0.2) is 0 Å². The van der Waals surface area contributed by atoms with Gasteiger partial charge in [-0.3, -0.25) is 4.79 Å². The van der Waals surface area contributed by atoms with E-state index in [9.17, 15) is 4.79 Å². The second-order valence-electron chi connectivity index (χ2n) is 5.94. The van der Waals surface area contributed by atoms with E-state index in [1.54, 1.807) is 0 Å². The summed E-state index contributed by atoms with van der Waals surface area (Å²) in [6, 6.07) is 10.8. The largest absolute Gasteiger partial charge is 0.335 e. The van der Waals surface area contributed by atoms with Gasteiger partial charge in [0, 0.05) is 31.1 Å². The Hall–Kier alpha value is -1.35. The predicted molar refractivity (Wildman–Crippen MR) is 78.0 cm³/mol. The number of hydrogen-bond donors (Lipinski definition) is 1. The first-order valence-electron chi connectivity index (χ1n) is 7.10. The maximum atomic E-state index is 12.1. The quantitative estimate of drug-likeness (QED) is 0.904. The molecule has 19 heavy (non-hydrogen) atoms. The Morgan fingerprint density at radius 2 is 2.05 bits per heavy atom. The van der Waals surface area contributed by atoms with Crippen molar-refractivity contribution < 1.29 is 4.79 Å². The molecule has 1 amide bonds. The lowest BCUT2D eigenvalue weighted by molar-refractivity contribution is -0.138. The summed E-state index contributed by atoms with van der Waals surface area (Å²) in [5, 5.41) is 3.57. The van der Waals surface area contributed by atoms with Crippen molar-refractivity contribution in [3.05, 3.63) is 35.9 Å². The van der Waals surface area contributed by atoms with E-state index in [0.29, 0.717) is 12.5 Å². The molecule has 1 aliphatic heterocycles. The fourth-order valence-electron chi connectivity index (χ4n) is 2.69. The Morgan fingerprint density at radius 1 is 1.37 bits per heavy atom. The van der Waals surface area contributed by atoms with Crippen LogP contribution < -0.4 is 5.32 Å². The fraction of sp³-hybridized carbons (Fsp3) is 0.562. The Kier molecular flexibility index (Phi) is 4.25. The summed E-state index contributed by atoms with van der Waals surface area (Å²) < 4.78 is 0. The van der Waals surface area contributed by atoms with E-state index < -0.39 is 0 Å². The van der Waals surface area contributed by atoms with Gasteiger partial charge in [-0.1, -0.05) is 37.3 Å². The summed E-state index contributed by atoms with van der Waals surface area (Å²) >= 11 is 0. The van der Waals surface area contributed by atoms with Crippen LogP contribution in [0.2, 0.25) is 0 Å². The molecular weight excluding hydrogens is 236 g/mol. The molecule has 1 fully saturated rings. The van der Waals surface area contributed by atoms with E-state index in [0.717, 1.165) is 19.5 Å². The number of rotatable bonds is 3. The van der Waals surface area contributed by atoms with E-state index in [1.807, 2.05) is 17.9 Å². The first kappa shape index (κ1) is 14.1. The van der Waals surface area contributed by atoms with Crippen molar-refractivity contribution in [1.82, 2.24) is 10.2 Å². The van der Waals surface area contributed by atoms with Crippen LogP contribution in [0.5, 0.6) is 0 Å². The number of nitrogens with zero attached hydrogens (tertiary/aromatic N) is 1. The molecule has 0 spiro atoms. The minimum Gasteiger partial charge on any atom is -0.335 e. The average molecular weight is 260 g/mol. The molecule has 104 valence electrons. The van der Waals surface area contributed by atoms with Crippen LogP contribution in [0.15, 0.2) is 30.3 Å². The second-order valence-corrected chi connectivity index (χ2v) is 5.94. The molecule has 0 saturated carbocycles. The normalized spacial score (nSPS) is 22.3. The predicted octanol–water partition coefficient (Wildman–Crippen LogP) is 2.22. The third-order valence-corrected chi connectivity index (χ3v) is 3.89. The zero-order valence-electron chi connectivity index (χ0n) is 12.1. The number of amides is 1. The molecule has 0 aromatic heterocycles. The highest BCUT2D eigenvalue weighted by atomic mass is 16.2. The number of carbonyl (C=O) groups excluding carboxylic acids is 1. The van der Waals surface area contributed by atoms with Crippen molar-refractivity contribution in [1.29, 1.82) is 0 Å². The van der Waals surface area contributed by atoms with Crippen LogP contribution in [0.25, 0.3) is 0 Å². The van der Waals surface area contributed by atoms with Crippen LogP contribution in [-0.4, -0.2) is 35.5 Å². The van der Waals surface area contributed by atoms with Gasteiger partial charge >= 0.3 is 0 Å². The molecule has 3 heteroatoms. The van der Waals surface area contributed by atoms with Crippen molar-refractivity contribution in [3.8, 4) is 0 Å². The van der Waals surface area contributed by atoms with Gasteiger partial charge in [0.25, 0.3) is 0 Å². The summed E-state index contributed by atoms with van der Waals surface area (Å²) in [6.45, 7) is 7.86. The summed E-state index contributed by atoms with van der Waals surface area (Å²) in [5.41, 5.74) is 1.24. The molecule has 1 aliphatic rings. The Morgan fingerprint density at radius 3 is 2.68 bits per heavy atom. The lowest BCUT2D eigenvalue weighted by atomic mass is 9.94. The highest BCUT2D eigenvalue weighted by molar-refractivity contribution is 5.76. The Labute approximate surface area is 116 Å². The third kappa shape index (κ3) is 3.35. The molecule has 1 aromatic rings. The molecule has 1 heterocycles. The van der Waals surface area contributed by atoms with Gasteiger partial charge in [-0.15, -0.1) is 0 Å². The Bertz CT molecular complexity index is 428. The molecule has 1 N–H and O–H groups in total. The van der Waals surface area contributed by atoms with Crippen LogP contribution in [0.3, 0.4) is 0 Å². The number of piperazine rings is 1. The molecule has 1 aromatic carbocycles. The van der Waals surface area contributed by atoms with E-state index in [-0.39, 0.29) is 11.4 Å². The Balaban J connectivity index is 2.04. The van der Waals surface area contributed by atoms with Crippen LogP contribution >= 0.6 is 0 Å². The third-order valence-electron chi connectivity index (χ3n) is 3.89. The van der Waals surface area contributed by atoms with Crippen molar-refractivity contribution in [2.45, 2.75) is 45.2 Å². The topological polar surface area (TPSA) is 32.3 Å². The lowest BCUT2D eigenvalue weighted by Gasteiger charge is -2.46. The van der Waals surface area contributed by atoms with Crippen molar-refractivity contribution in [2.24, 2.45) is 0 Å². The molecule has 0 bridgehead atoms. The molecule has 2 rings (SSSR count). The van der Waals surface area contributed by atoms with Gasteiger partial charge in [0.1, 0.15) is 0 Å². The number of hydrogen-bond acceptors (Lipinski definition) is 2. The second kappa shape index (κ2) is 5.74. The van der Waals surface area contributed by atoms with Crippen LogP contribution in [-0.2, 0) is 11.2 Å². The summed E-state index contributed by atoms with van der Waals surface area (Å²) in [7, 11) is 0. The molecule has 0 radical (unpaired) electrons. The number of carbonyl (C=O) groups is 1. The van der Waals surface area contributed by atoms with Gasteiger partial charge < -0.3 is 10.2 Å². The first-order valence-corrected chi connectivity index (χ1v) is 7.10. The van der Waals surface area contributed by atoms with Gasteiger partial charge in [0.05, 0.1) is 0 Å². The molecule has 0 aliphatic carbocycles. The average Bonchev–Trinajstić information content (AvgIpc) is 2.41. The summed E-state index contributed by atoms with van der Waals surface area (Å²) in [4.78, 5) is 14.1. The minimum absolute atomic E-state index is 0.0831. The first-order chi connectivity index (χ1) is 9.03. The zero-order chi connectivity index (χ0) is 13.9. The number of nitrogens with one attached hydrogen (secondary N) is 1. The van der Waals surface area contributed by atoms with Gasteiger partial charge in [0.15, 0.2) is 0 Å². The summed E-state index contributed by atoms with van der Waals surface area (Å²) in [6.07, 6.45) is 1.56.